The Balaban J connectivity index is 1.31. The van der Waals surface area contributed by atoms with Crippen LogP contribution in [0.4, 0.5) is 5.69 Å². The van der Waals surface area contributed by atoms with Gasteiger partial charge in [0.1, 0.15) is 22.2 Å². The number of hydrogen-bond acceptors (Lipinski definition) is 6. The van der Waals surface area contributed by atoms with Crippen molar-refractivity contribution in [2.75, 3.05) is 38.5 Å². The molecule has 1 amide bonds. The van der Waals surface area contributed by atoms with Gasteiger partial charge in [0.05, 0.1) is 5.69 Å². The molecule has 0 aliphatic carbocycles. The highest BCUT2D eigenvalue weighted by atomic mass is 35.5. The molecule has 1 fully saturated rings. The lowest BCUT2D eigenvalue weighted by Gasteiger charge is -2.32. The third kappa shape index (κ3) is 6.07. The molecule has 2 heterocycles. The first kappa shape index (κ1) is 22.7. The lowest BCUT2D eigenvalue weighted by Crippen LogP contribution is -2.43. The Bertz CT molecular complexity index is 1040. The topological polar surface area (TPSA) is 57.7 Å². The fourth-order valence-corrected chi connectivity index (χ4v) is 4.55. The summed E-state index contributed by atoms with van der Waals surface area (Å²) in [5, 5.41) is 4.40. The van der Waals surface area contributed by atoms with E-state index in [4.69, 9.17) is 16.3 Å². The van der Waals surface area contributed by atoms with E-state index in [1.54, 1.807) is 12.1 Å². The average molecular weight is 471 g/mol. The van der Waals surface area contributed by atoms with Gasteiger partial charge in [0, 0.05) is 43.4 Å². The molecule has 6 nitrogen and oxygen atoms in total. The molecular weight excluding hydrogens is 444 g/mol. The SMILES string of the molecule is Cc1nc(COc2ccc(Cl)cc2)sc1C(=O)Nc1ccc(CN2CCN(C)CC2)cc1. The number of anilines is 1. The maximum absolute atomic E-state index is 12.8. The third-order valence-electron chi connectivity index (χ3n) is 5.44. The summed E-state index contributed by atoms with van der Waals surface area (Å²) in [6.07, 6.45) is 0. The molecule has 0 radical (unpaired) electrons. The minimum absolute atomic E-state index is 0.149. The molecule has 1 saturated heterocycles. The number of amides is 1. The first-order chi connectivity index (χ1) is 15.5. The van der Waals surface area contributed by atoms with Gasteiger partial charge in [-0.25, -0.2) is 4.98 Å². The van der Waals surface area contributed by atoms with Crippen LogP contribution in [0.2, 0.25) is 5.02 Å². The lowest BCUT2D eigenvalue weighted by atomic mass is 10.1. The maximum Gasteiger partial charge on any atom is 0.267 e. The van der Waals surface area contributed by atoms with E-state index in [0.717, 1.165) is 43.4 Å². The van der Waals surface area contributed by atoms with Crippen LogP contribution in [-0.2, 0) is 13.2 Å². The quantitative estimate of drug-likeness (QED) is 0.543. The van der Waals surface area contributed by atoms with Gasteiger partial charge in [0.25, 0.3) is 5.91 Å². The van der Waals surface area contributed by atoms with Crippen molar-refractivity contribution in [2.24, 2.45) is 0 Å². The number of likely N-dealkylation sites (N-methyl/N-ethyl adjacent to an activating group) is 1. The highest BCUT2D eigenvalue weighted by molar-refractivity contribution is 7.13. The molecule has 4 rings (SSSR count). The number of rotatable bonds is 7. The Labute approximate surface area is 197 Å². The molecule has 1 N–H and O–H groups in total. The van der Waals surface area contributed by atoms with Gasteiger partial charge in [-0.1, -0.05) is 23.7 Å². The molecule has 0 spiro atoms. The van der Waals surface area contributed by atoms with E-state index >= 15 is 0 Å². The second-order valence-corrected chi connectivity index (χ2v) is 9.52. The van der Waals surface area contributed by atoms with Crippen LogP contribution in [0.5, 0.6) is 5.75 Å². The fraction of sp³-hybridized carbons (Fsp3) is 0.333. The van der Waals surface area contributed by atoms with Crippen LogP contribution < -0.4 is 10.1 Å². The first-order valence-electron chi connectivity index (χ1n) is 10.6. The molecule has 2 aromatic carbocycles. The largest absolute Gasteiger partial charge is 0.486 e. The molecule has 0 unspecified atom stereocenters. The number of carbonyl (C=O) groups excluding carboxylic acids is 1. The summed E-state index contributed by atoms with van der Waals surface area (Å²) in [4.78, 5) is 22.7. The number of thiazole rings is 1. The van der Waals surface area contributed by atoms with E-state index < -0.39 is 0 Å². The second kappa shape index (κ2) is 10.4. The predicted molar refractivity (Wildman–Crippen MR) is 130 cm³/mol. The Hall–Kier alpha value is -2.45. The molecule has 1 aromatic heterocycles. The molecule has 1 aliphatic heterocycles. The van der Waals surface area contributed by atoms with Gasteiger partial charge in [0.15, 0.2) is 0 Å². The van der Waals surface area contributed by atoms with Crippen molar-refractivity contribution in [1.29, 1.82) is 0 Å². The van der Waals surface area contributed by atoms with E-state index in [-0.39, 0.29) is 5.91 Å². The minimum atomic E-state index is -0.149. The zero-order valence-corrected chi connectivity index (χ0v) is 19.9. The molecule has 0 saturated carbocycles. The average Bonchev–Trinajstić information content (AvgIpc) is 3.17. The summed E-state index contributed by atoms with van der Waals surface area (Å²) >= 11 is 7.25. The first-order valence-corrected chi connectivity index (χ1v) is 11.8. The zero-order chi connectivity index (χ0) is 22.5. The van der Waals surface area contributed by atoms with Crippen LogP contribution >= 0.6 is 22.9 Å². The molecule has 1 aliphatic rings. The number of aryl methyl sites for hydroxylation is 1. The van der Waals surface area contributed by atoms with Gasteiger partial charge in [-0.2, -0.15) is 0 Å². The van der Waals surface area contributed by atoms with Crippen molar-refractivity contribution >= 4 is 34.5 Å². The molecule has 32 heavy (non-hydrogen) atoms. The van der Waals surface area contributed by atoms with Crippen molar-refractivity contribution in [3.8, 4) is 5.75 Å². The number of nitrogens with one attached hydrogen (secondary N) is 1. The van der Waals surface area contributed by atoms with E-state index in [0.29, 0.717) is 28.0 Å². The van der Waals surface area contributed by atoms with Gasteiger partial charge in [-0.3, -0.25) is 9.69 Å². The fourth-order valence-electron chi connectivity index (χ4n) is 3.55. The smallest absolute Gasteiger partial charge is 0.267 e. The summed E-state index contributed by atoms with van der Waals surface area (Å²) in [5.41, 5.74) is 2.74. The standard InChI is InChI=1S/C24H27ClN4O2S/c1-17-23(32-22(26-17)16-31-21-9-5-19(25)6-10-21)24(30)27-20-7-3-18(4-8-20)15-29-13-11-28(2)12-14-29/h3-10H,11-16H2,1-2H3,(H,27,30). The van der Waals surface area contributed by atoms with Crippen molar-refractivity contribution in [3.05, 3.63) is 74.7 Å². The Morgan fingerprint density at radius 2 is 1.78 bits per heavy atom. The normalized spacial score (nSPS) is 15.0. The molecule has 3 aromatic rings. The zero-order valence-electron chi connectivity index (χ0n) is 18.3. The van der Waals surface area contributed by atoms with Crippen LogP contribution in [0.3, 0.4) is 0 Å². The highest BCUT2D eigenvalue weighted by Crippen LogP contribution is 2.23. The molecular formula is C24H27ClN4O2S. The summed E-state index contributed by atoms with van der Waals surface area (Å²) in [5.74, 6) is 0.564. The summed E-state index contributed by atoms with van der Waals surface area (Å²) < 4.78 is 5.75. The number of ether oxygens (including phenoxy) is 1. The molecule has 8 heteroatoms. The Morgan fingerprint density at radius 3 is 2.47 bits per heavy atom. The third-order valence-corrected chi connectivity index (χ3v) is 6.82. The van der Waals surface area contributed by atoms with Gasteiger partial charge >= 0.3 is 0 Å². The van der Waals surface area contributed by atoms with Crippen LogP contribution in [0.25, 0.3) is 0 Å². The number of benzene rings is 2. The van der Waals surface area contributed by atoms with Crippen LogP contribution in [0, 0.1) is 6.92 Å². The number of carbonyl (C=O) groups is 1. The number of hydrogen-bond donors (Lipinski definition) is 1. The van der Waals surface area contributed by atoms with Crippen LogP contribution in [-0.4, -0.2) is 53.9 Å². The predicted octanol–water partition coefficient (Wildman–Crippen LogP) is 4.68. The summed E-state index contributed by atoms with van der Waals surface area (Å²) in [6.45, 7) is 7.47. The van der Waals surface area contributed by atoms with Gasteiger partial charge in [-0.05, 0) is 55.9 Å². The van der Waals surface area contributed by atoms with E-state index in [9.17, 15) is 4.79 Å². The lowest BCUT2D eigenvalue weighted by molar-refractivity contribution is 0.103. The van der Waals surface area contributed by atoms with Crippen molar-refractivity contribution < 1.29 is 9.53 Å². The van der Waals surface area contributed by atoms with E-state index in [1.165, 1.54) is 16.9 Å². The summed E-state index contributed by atoms with van der Waals surface area (Å²) in [6, 6.07) is 15.3. The number of piperazine rings is 1. The molecule has 168 valence electrons. The Morgan fingerprint density at radius 1 is 1.09 bits per heavy atom. The van der Waals surface area contributed by atoms with Gasteiger partial charge in [0.2, 0.25) is 0 Å². The highest BCUT2D eigenvalue weighted by Gasteiger charge is 2.17. The number of nitrogens with zero attached hydrogens (tertiary/aromatic N) is 3. The van der Waals surface area contributed by atoms with Crippen LogP contribution in [0.1, 0.15) is 25.9 Å². The summed E-state index contributed by atoms with van der Waals surface area (Å²) in [7, 11) is 2.16. The maximum atomic E-state index is 12.8. The van der Waals surface area contributed by atoms with Crippen molar-refractivity contribution in [2.45, 2.75) is 20.1 Å². The Kier molecular flexibility index (Phi) is 7.42. The monoisotopic (exact) mass is 470 g/mol. The molecule has 0 atom stereocenters. The van der Waals surface area contributed by atoms with Gasteiger partial charge in [-0.15, -0.1) is 11.3 Å². The molecule has 0 bridgehead atoms. The van der Waals surface area contributed by atoms with Crippen LogP contribution in [0.15, 0.2) is 48.5 Å². The van der Waals surface area contributed by atoms with Gasteiger partial charge < -0.3 is 15.0 Å². The minimum Gasteiger partial charge on any atom is -0.486 e. The number of halogens is 1. The van der Waals surface area contributed by atoms with E-state index in [2.05, 4.69) is 39.3 Å². The van der Waals surface area contributed by atoms with Crippen molar-refractivity contribution in [3.63, 3.8) is 0 Å². The van der Waals surface area contributed by atoms with E-state index in [1.807, 2.05) is 31.2 Å². The van der Waals surface area contributed by atoms with Crippen molar-refractivity contribution in [1.82, 2.24) is 14.8 Å². The number of aromatic nitrogens is 1. The second-order valence-electron chi connectivity index (χ2n) is 8.00.